The molecule has 2 nitrogen and oxygen atoms in total. The minimum Gasteiger partial charge on any atom is -0.303 e. The average molecular weight is 291 g/mol. The van der Waals surface area contributed by atoms with Gasteiger partial charge in [-0.25, -0.2) is 0 Å². The van der Waals surface area contributed by atoms with Crippen LogP contribution >= 0.6 is 0 Å². The number of anilines is 1. The molecule has 0 spiro atoms. The zero-order valence-electron chi connectivity index (χ0n) is 13.4. The van der Waals surface area contributed by atoms with Crippen molar-refractivity contribution in [1.82, 2.24) is 0 Å². The van der Waals surface area contributed by atoms with E-state index in [1.807, 2.05) is 17.0 Å². The molecule has 0 N–H and O–H groups in total. The van der Waals surface area contributed by atoms with Crippen LogP contribution in [0, 0.1) is 0 Å². The van der Waals surface area contributed by atoms with Crippen LogP contribution in [-0.2, 0) is 11.2 Å². The first kappa shape index (κ1) is 14.6. The minimum absolute atomic E-state index is 0.0585. The number of rotatable bonds is 2. The van der Waals surface area contributed by atoms with Gasteiger partial charge in [-0.15, -0.1) is 0 Å². The van der Waals surface area contributed by atoms with Crippen LogP contribution < -0.4 is 4.90 Å². The Hall–Kier alpha value is -2.35. The third kappa shape index (κ3) is 2.25. The molecule has 0 fully saturated rings. The van der Waals surface area contributed by atoms with Gasteiger partial charge in [0.2, 0.25) is 0 Å². The molecule has 2 heteroatoms. The molecule has 3 rings (SSSR count). The van der Waals surface area contributed by atoms with Crippen molar-refractivity contribution >= 4 is 11.6 Å². The highest BCUT2D eigenvalue weighted by Gasteiger charge is 2.31. The Labute approximate surface area is 132 Å². The number of carbonyl (C=O) groups is 1. The van der Waals surface area contributed by atoms with E-state index in [0.717, 1.165) is 12.1 Å². The van der Waals surface area contributed by atoms with Gasteiger partial charge in [-0.1, -0.05) is 43.0 Å². The summed E-state index contributed by atoms with van der Waals surface area (Å²) >= 11 is 0. The van der Waals surface area contributed by atoms with E-state index in [1.54, 1.807) is 0 Å². The van der Waals surface area contributed by atoms with Crippen LogP contribution in [0.2, 0.25) is 0 Å². The molecule has 1 aliphatic rings. The number of fused-ring (bicyclic) bond motifs is 3. The Morgan fingerprint density at radius 3 is 2.45 bits per heavy atom. The number of hydrogen-bond donors (Lipinski definition) is 0. The standard InChI is InChI=1S/C20H21NO/c1-5-19(22)21(20(2,3)4)18-12-8-11-16-15-10-7-6-9-14(15)13-17(16)18/h5-12H,1,13H2,2-4H3. The van der Waals surface area contributed by atoms with Crippen LogP contribution in [0.15, 0.2) is 55.1 Å². The number of amides is 1. The van der Waals surface area contributed by atoms with Crippen LogP contribution in [0.25, 0.3) is 11.1 Å². The second-order valence-corrected chi connectivity index (χ2v) is 6.69. The fourth-order valence-corrected chi connectivity index (χ4v) is 3.25. The van der Waals surface area contributed by atoms with E-state index in [2.05, 4.69) is 57.7 Å². The maximum Gasteiger partial charge on any atom is 0.250 e. The first-order chi connectivity index (χ1) is 10.4. The topological polar surface area (TPSA) is 20.3 Å². The highest BCUT2D eigenvalue weighted by molar-refractivity contribution is 6.03. The van der Waals surface area contributed by atoms with Gasteiger partial charge in [0.25, 0.3) is 5.91 Å². The second-order valence-electron chi connectivity index (χ2n) is 6.69. The SMILES string of the molecule is C=CC(=O)N(c1cccc2c1Cc1ccccc1-2)C(C)(C)C. The highest BCUT2D eigenvalue weighted by atomic mass is 16.2. The largest absolute Gasteiger partial charge is 0.303 e. The molecule has 0 saturated carbocycles. The number of hydrogen-bond acceptors (Lipinski definition) is 1. The van der Waals surface area contributed by atoms with E-state index in [0.29, 0.717) is 0 Å². The van der Waals surface area contributed by atoms with Gasteiger partial charge < -0.3 is 4.90 Å². The van der Waals surface area contributed by atoms with E-state index in [-0.39, 0.29) is 11.4 Å². The third-order valence-corrected chi connectivity index (χ3v) is 4.13. The van der Waals surface area contributed by atoms with Gasteiger partial charge in [0, 0.05) is 17.6 Å². The van der Waals surface area contributed by atoms with Gasteiger partial charge >= 0.3 is 0 Å². The zero-order chi connectivity index (χ0) is 15.9. The molecule has 0 bridgehead atoms. The number of nitrogens with zero attached hydrogens (tertiary/aromatic N) is 1. The lowest BCUT2D eigenvalue weighted by molar-refractivity contribution is -0.115. The van der Waals surface area contributed by atoms with E-state index >= 15 is 0 Å². The molecule has 0 unspecified atom stereocenters. The van der Waals surface area contributed by atoms with Crippen molar-refractivity contribution in [3.05, 3.63) is 66.2 Å². The van der Waals surface area contributed by atoms with Crippen molar-refractivity contribution in [1.29, 1.82) is 0 Å². The summed E-state index contributed by atoms with van der Waals surface area (Å²) in [4.78, 5) is 14.3. The van der Waals surface area contributed by atoms with Gasteiger partial charge in [-0.3, -0.25) is 4.79 Å². The molecule has 112 valence electrons. The summed E-state index contributed by atoms with van der Waals surface area (Å²) in [5.41, 5.74) is 5.76. The maximum absolute atomic E-state index is 12.4. The van der Waals surface area contributed by atoms with Crippen LogP contribution in [-0.4, -0.2) is 11.4 Å². The quantitative estimate of drug-likeness (QED) is 0.633. The van der Waals surface area contributed by atoms with Crippen LogP contribution in [0.3, 0.4) is 0 Å². The van der Waals surface area contributed by atoms with Gasteiger partial charge in [0.05, 0.1) is 0 Å². The first-order valence-corrected chi connectivity index (χ1v) is 7.60. The highest BCUT2D eigenvalue weighted by Crippen LogP contribution is 2.42. The molecule has 0 aliphatic heterocycles. The van der Waals surface area contributed by atoms with Crippen molar-refractivity contribution in [2.24, 2.45) is 0 Å². The normalized spacial score (nSPS) is 12.5. The Kier molecular flexibility index (Phi) is 3.40. The fourth-order valence-electron chi connectivity index (χ4n) is 3.25. The predicted octanol–water partition coefficient (Wildman–Crippen LogP) is 4.58. The molecule has 1 aliphatic carbocycles. The summed E-state index contributed by atoms with van der Waals surface area (Å²) in [7, 11) is 0. The Morgan fingerprint density at radius 1 is 1.09 bits per heavy atom. The summed E-state index contributed by atoms with van der Waals surface area (Å²) < 4.78 is 0. The van der Waals surface area contributed by atoms with Crippen molar-refractivity contribution in [2.45, 2.75) is 32.7 Å². The molecule has 0 aromatic heterocycles. The zero-order valence-corrected chi connectivity index (χ0v) is 13.4. The Morgan fingerprint density at radius 2 is 1.77 bits per heavy atom. The van der Waals surface area contributed by atoms with Gasteiger partial charge in [0.1, 0.15) is 0 Å². The molecule has 22 heavy (non-hydrogen) atoms. The van der Waals surface area contributed by atoms with Crippen molar-refractivity contribution in [3.8, 4) is 11.1 Å². The maximum atomic E-state index is 12.4. The van der Waals surface area contributed by atoms with E-state index in [9.17, 15) is 4.79 Å². The fraction of sp³-hybridized carbons (Fsp3) is 0.250. The lowest BCUT2D eigenvalue weighted by Crippen LogP contribution is -2.45. The number of benzene rings is 2. The molecular formula is C20H21NO. The Bertz CT molecular complexity index is 753. The van der Waals surface area contributed by atoms with E-state index in [1.165, 1.54) is 28.3 Å². The summed E-state index contributed by atoms with van der Waals surface area (Å²) in [5.74, 6) is -0.0585. The molecule has 2 aromatic carbocycles. The minimum atomic E-state index is -0.296. The molecule has 0 atom stereocenters. The molecule has 0 saturated heterocycles. The molecular weight excluding hydrogens is 270 g/mol. The monoisotopic (exact) mass is 291 g/mol. The lowest BCUT2D eigenvalue weighted by Gasteiger charge is -2.36. The third-order valence-electron chi connectivity index (χ3n) is 4.13. The molecule has 0 heterocycles. The number of carbonyl (C=O) groups excluding carboxylic acids is 1. The Balaban J connectivity index is 2.18. The molecule has 0 radical (unpaired) electrons. The molecule has 2 aromatic rings. The predicted molar refractivity (Wildman–Crippen MR) is 92.1 cm³/mol. The first-order valence-electron chi connectivity index (χ1n) is 7.60. The summed E-state index contributed by atoms with van der Waals surface area (Å²) in [6.45, 7) is 9.82. The van der Waals surface area contributed by atoms with E-state index < -0.39 is 0 Å². The van der Waals surface area contributed by atoms with Gasteiger partial charge in [0.15, 0.2) is 0 Å². The molecule has 1 amide bonds. The van der Waals surface area contributed by atoms with Crippen molar-refractivity contribution in [2.75, 3.05) is 4.90 Å². The average Bonchev–Trinajstić information content (AvgIpc) is 2.85. The summed E-state index contributed by atoms with van der Waals surface area (Å²) in [6.07, 6.45) is 2.27. The summed E-state index contributed by atoms with van der Waals surface area (Å²) in [5, 5.41) is 0. The second kappa shape index (κ2) is 5.13. The smallest absolute Gasteiger partial charge is 0.250 e. The van der Waals surface area contributed by atoms with Gasteiger partial charge in [-0.2, -0.15) is 0 Å². The summed E-state index contributed by atoms with van der Waals surface area (Å²) in [6, 6.07) is 14.7. The van der Waals surface area contributed by atoms with Crippen LogP contribution in [0.4, 0.5) is 5.69 Å². The van der Waals surface area contributed by atoms with Gasteiger partial charge in [-0.05, 0) is 55.2 Å². The van der Waals surface area contributed by atoms with E-state index in [4.69, 9.17) is 0 Å². The van der Waals surface area contributed by atoms with Crippen LogP contribution in [0.1, 0.15) is 31.9 Å². The van der Waals surface area contributed by atoms with Crippen LogP contribution in [0.5, 0.6) is 0 Å². The van der Waals surface area contributed by atoms with Crippen molar-refractivity contribution in [3.63, 3.8) is 0 Å². The van der Waals surface area contributed by atoms with Crippen molar-refractivity contribution < 1.29 is 4.79 Å². The lowest BCUT2D eigenvalue weighted by atomic mass is 9.99.